The van der Waals surface area contributed by atoms with Crippen LogP contribution in [0.5, 0.6) is 5.75 Å². The lowest BCUT2D eigenvalue weighted by Crippen LogP contribution is -2.31. The summed E-state index contributed by atoms with van der Waals surface area (Å²) in [6.45, 7) is 7.95. The van der Waals surface area contributed by atoms with Gasteiger partial charge in [0.15, 0.2) is 0 Å². The minimum Gasteiger partial charge on any atom is -0.497 e. The number of H-pyrrole nitrogens is 1. The molecule has 0 radical (unpaired) electrons. The zero-order chi connectivity index (χ0) is 27.5. The summed E-state index contributed by atoms with van der Waals surface area (Å²) in [4.78, 5) is 34.7. The number of nitrogens with zero attached hydrogens (tertiary/aromatic N) is 4. The van der Waals surface area contributed by atoms with Gasteiger partial charge < -0.3 is 20.4 Å². The first-order valence-corrected chi connectivity index (χ1v) is 12.7. The molecule has 200 valence electrons. The van der Waals surface area contributed by atoms with Gasteiger partial charge in [0.2, 0.25) is 17.8 Å². The first-order chi connectivity index (χ1) is 18.8. The van der Waals surface area contributed by atoms with Crippen molar-refractivity contribution in [1.82, 2.24) is 30.3 Å². The highest BCUT2D eigenvalue weighted by Crippen LogP contribution is 2.33. The third kappa shape index (κ3) is 5.66. The van der Waals surface area contributed by atoms with Crippen LogP contribution in [-0.4, -0.2) is 50.0 Å². The predicted molar refractivity (Wildman–Crippen MR) is 154 cm³/mol. The highest BCUT2D eigenvalue weighted by Gasteiger charge is 2.18. The Morgan fingerprint density at radius 1 is 0.821 bits per heavy atom. The minimum atomic E-state index is -0.436. The second-order valence-electron chi connectivity index (χ2n) is 9.66. The van der Waals surface area contributed by atoms with E-state index >= 15 is 0 Å². The van der Waals surface area contributed by atoms with Gasteiger partial charge in [-0.3, -0.25) is 15.6 Å². The average molecular weight is 526 g/mol. The number of nitrogens with one attached hydrogen (secondary N) is 5. The van der Waals surface area contributed by atoms with Crippen LogP contribution in [0.25, 0.3) is 33.1 Å². The van der Waals surface area contributed by atoms with Gasteiger partial charge in [-0.1, -0.05) is 18.2 Å². The minimum absolute atomic E-state index is 0.116. The molecule has 0 spiro atoms. The molecule has 0 aliphatic carbocycles. The Kier molecular flexibility index (Phi) is 7.13. The SMILES string of the molecule is COc1ccc(-c2nc(C(=O)NNc3nc(NC(C)C)nc(NC(C)C)n3)cc3c2[nH]c2ccccc23)cc1. The first kappa shape index (κ1) is 25.7. The fraction of sp³-hybridized carbons (Fsp3) is 0.250. The van der Waals surface area contributed by atoms with Crippen molar-refractivity contribution < 1.29 is 9.53 Å². The van der Waals surface area contributed by atoms with E-state index in [1.54, 1.807) is 13.2 Å². The number of hydrazine groups is 1. The molecule has 5 rings (SSSR count). The third-order valence-corrected chi connectivity index (χ3v) is 5.85. The van der Waals surface area contributed by atoms with Crippen LogP contribution in [0, 0.1) is 0 Å². The van der Waals surface area contributed by atoms with Crippen molar-refractivity contribution in [2.75, 3.05) is 23.2 Å². The number of hydrogen-bond donors (Lipinski definition) is 5. The molecule has 0 saturated carbocycles. The number of aromatic amines is 1. The normalized spacial score (nSPS) is 11.3. The zero-order valence-corrected chi connectivity index (χ0v) is 22.5. The standard InChI is InChI=1S/C28H31N9O2/c1-15(2)29-26-33-27(30-16(3)4)35-28(34-26)37-36-25(38)22-14-20-19-8-6-7-9-21(19)31-24(20)23(32-22)17-10-12-18(39-5)13-11-17/h6-16,31H,1-5H3,(H,36,38)(H3,29,30,33,34,35,37). The summed E-state index contributed by atoms with van der Waals surface area (Å²) in [6, 6.07) is 17.5. The molecule has 11 heteroatoms. The largest absolute Gasteiger partial charge is 0.497 e. The Bertz CT molecular complexity index is 1600. The molecule has 3 heterocycles. The highest BCUT2D eigenvalue weighted by atomic mass is 16.5. The van der Waals surface area contributed by atoms with Crippen molar-refractivity contribution in [3.63, 3.8) is 0 Å². The monoisotopic (exact) mass is 525 g/mol. The topological polar surface area (TPSA) is 142 Å². The van der Waals surface area contributed by atoms with Gasteiger partial charge in [0.25, 0.3) is 5.91 Å². The fourth-order valence-corrected chi connectivity index (χ4v) is 4.17. The summed E-state index contributed by atoms with van der Waals surface area (Å²) < 4.78 is 5.31. The van der Waals surface area contributed by atoms with E-state index in [0.717, 1.165) is 33.1 Å². The molecular weight excluding hydrogens is 494 g/mol. The van der Waals surface area contributed by atoms with Gasteiger partial charge >= 0.3 is 0 Å². The summed E-state index contributed by atoms with van der Waals surface area (Å²) in [6.07, 6.45) is 0. The lowest BCUT2D eigenvalue weighted by atomic mass is 10.1. The van der Waals surface area contributed by atoms with Gasteiger partial charge in [-0.15, -0.1) is 0 Å². The number of rotatable bonds is 9. The van der Waals surface area contributed by atoms with E-state index in [9.17, 15) is 4.79 Å². The maximum absolute atomic E-state index is 13.4. The van der Waals surface area contributed by atoms with Gasteiger partial charge in [0.05, 0.1) is 18.3 Å². The van der Waals surface area contributed by atoms with E-state index in [-0.39, 0.29) is 23.7 Å². The lowest BCUT2D eigenvalue weighted by Gasteiger charge is -2.14. The maximum atomic E-state index is 13.4. The number of amides is 1. The maximum Gasteiger partial charge on any atom is 0.288 e. The molecule has 2 aromatic carbocycles. The summed E-state index contributed by atoms with van der Waals surface area (Å²) in [5.41, 5.74) is 9.05. The number of carbonyl (C=O) groups excluding carboxylic acids is 1. The molecule has 0 atom stereocenters. The molecule has 39 heavy (non-hydrogen) atoms. The molecule has 0 unspecified atom stereocenters. The van der Waals surface area contributed by atoms with Crippen LogP contribution >= 0.6 is 0 Å². The summed E-state index contributed by atoms with van der Waals surface area (Å²) in [7, 11) is 1.62. The van der Waals surface area contributed by atoms with Crippen molar-refractivity contribution >= 4 is 45.6 Å². The average Bonchev–Trinajstić information content (AvgIpc) is 3.29. The third-order valence-electron chi connectivity index (χ3n) is 5.85. The Hall–Kier alpha value is -4.93. The first-order valence-electron chi connectivity index (χ1n) is 12.7. The number of para-hydroxylation sites is 1. The molecule has 0 aliphatic rings. The Balaban J connectivity index is 1.49. The number of hydrogen-bond acceptors (Lipinski definition) is 9. The van der Waals surface area contributed by atoms with E-state index in [0.29, 0.717) is 17.6 Å². The molecular formula is C28H31N9O2. The molecule has 1 amide bonds. The van der Waals surface area contributed by atoms with Gasteiger partial charge in [0, 0.05) is 33.9 Å². The van der Waals surface area contributed by atoms with E-state index in [1.807, 2.05) is 76.2 Å². The molecule has 11 nitrogen and oxygen atoms in total. The van der Waals surface area contributed by atoms with Gasteiger partial charge in [0.1, 0.15) is 11.4 Å². The van der Waals surface area contributed by atoms with Crippen LogP contribution in [0.1, 0.15) is 38.2 Å². The van der Waals surface area contributed by atoms with Crippen LogP contribution < -0.4 is 26.2 Å². The number of fused-ring (bicyclic) bond motifs is 3. The fourth-order valence-electron chi connectivity index (χ4n) is 4.17. The molecule has 5 aromatic rings. The quantitative estimate of drug-likeness (QED) is 0.169. The van der Waals surface area contributed by atoms with Gasteiger partial charge in [-0.25, -0.2) is 4.98 Å². The number of methoxy groups -OCH3 is 1. The van der Waals surface area contributed by atoms with Crippen molar-refractivity contribution in [3.05, 3.63) is 60.3 Å². The molecule has 0 saturated heterocycles. The van der Waals surface area contributed by atoms with Crippen molar-refractivity contribution in [1.29, 1.82) is 0 Å². The van der Waals surface area contributed by atoms with E-state index in [4.69, 9.17) is 9.72 Å². The van der Waals surface area contributed by atoms with Crippen LogP contribution in [0.3, 0.4) is 0 Å². The van der Waals surface area contributed by atoms with Crippen molar-refractivity contribution in [2.45, 2.75) is 39.8 Å². The smallest absolute Gasteiger partial charge is 0.288 e. The number of aromatic nitrogens is 5. The second-order valence-corrected chi connectivity index (χ2v) is 9.66. The number of benzene rings is 2. The Morgan fingerprint density at radius 2 is 1.46 bits per heavy atom. The number of pyridine rings is 1. The van der Waals surface area contributed by atoms with Crippen LogP contribution in [0.15, 0.2) is 54.6 Å². The van der Waals surface area contributed by atoms with E-state index < -0.39 is 5.91 Å². The van der Waals surface area contributed by atoms with E-state index in [2.05, 4.69) is 41.4 Å². The Morgan fingerprint density at radius 3 is 2.10 bits per heavy atom. The second kappa shape index (κ2) is 10.8. The molecule has 5 N–H and O–H groups in total. The highest BCUT2D eigenvalue weighted by molar-refractivity contribution is 6.13. The number of anilines is 3. The molecule has 0 bridgehead atoms. The van der Waals surface area contributed by atoms with Crippen LogP contribution in [0.4, 0.5) is 17.8 Å². The summed E-state index contributed by atoms with van der Waals surface area (Å²) in [5.74, 6) is 1.27. The van der Waals surface area contributed by atoms with Gasteiger partial charge in [-0.05, 0) is 64.1 Å². The van der Waals surface area contributed by atoms with Crippen LogP contribution in [0.2, 0.25) is 0 Å². The number of carbonyl (C=O) groups is 1. The number of ether oxygens (including phenoxy) is 1. The van der Waals surface area contributed by atoms with Crippen LogP contribution in [-0.2, 0) is 0 Å². The van der Waals surface area contributed by atoms with E-state index in [1.165, 1.54) is 0 Å². The van der Waals surface area contributed by atoms with Crippen molar-refractivity contribution in [2.24, 2.45) is 0 Å². The van der Waals surface area contributed by atoms with Gasteiger partial charge in [-0.2, -0.15) is 15.0 Å². The summed E-state index contributed by atoms with van der Waals surface area (Å²) in [5, 5.41) is 8.22. The predicted octanol–water partition coefficient (Wildman–Crippen LogP) is 4.97. The Labute approximate surface area is 225 Å². The van der Waals surface area contributed by atoms with Crippen molar-refractivity contribution in [3.8, 4) is 17.0 Å². The lowest BCUT2D eigenvalue weighted by molar-refractivity contribution is 0.0957. The molecule has 0 fully saturated rings. The summed E-state index contributed by atoms with van der Waals surface area (Å²) >= 11 is 0. The molecule has 0 aliphatic heterocycles. The zero-order valence-electron chi connectivity index (χ0n) is 22.5. The molecule has 3 aromatic heterocycles.